The Kier molecular flexibility index (Phi) is 4.73. The Hall–Kier alpha value is -2.64. The maximum absolute atomic E-state index is 12.7. The van der Waals surface area contributed by atoms with Crippen LogP contribution in [-0.4, -0.2) is 14.5 Å². The highest BCUT2D eigenvalue weighted by Crippen LogP contribution is 2.27. The Labute approximate surface area is 158 Å². The zero-order chi connectivity index (χ0) is 17.9. The number of thiazole rings is 1. The van der Waals surface area contributed by atoms with Crippen molar-refractivity contribution >= 4 is 34.0 Å². The molecule has 4 aromatic rings. The molecule has 0 amide bonds. The van der Waals surface area contributed by atoms with Crippen LogP contribution in [0, 0.1) is 0 Å². The predicted octanol–water partition coefficient (Wildman–Crippen LogP) is 4.59. The molecule has 5 nitrogen and oxygen atoms in total. The lowest BCUT2D eigenvalue weighted by Gasteiger charge is -2.10. The van der Waals surface area contributed by atoms with Gasteiger partial charge in [0.05, 0.1) is 22.9 Å². The number of benzene rings is 1. The van der Waals surface area contributed by atoms with Gasteiger partial charge in [-0.2, -0.15) is 0 Å². The van der Waals surface area contributed by atoms with Gasteiger partial charge in [0.15, 0.2) is 5.16 Å². The predicted molar refractivity (Wildman–Crippen MR) is 106 cm³/mol. The van der Waals surface area contributed by atoms with E-state index in [0.29, 0.717) is 28.4 Å². The van der Waals surface area contributed by atoms with Gasteiger partial charge in [-0.25, -0.2) is 9.97 Å². The van der Waals surface area contributed by atoms with E-state index in [-0.39, 0.29) is 5.56 Å². The molecule has 0 aliphatic heterocycles. The molecule has 0 aliphatic rings. The molecular formula is C19H15N3O2S2. The van der Waals surface area contributed by atoms with E-state index in [4.69, 9.17) is 4.42 Å². The Morgan fingerprint density at radius 1 is 1.27 bits per heavy atom. The number of allylic oxidation sites excluding steroid dienone is 1. The Bertz CT molecular complexity index is 1110. The maximum Gasteiger partial charge on any atom is 0.262 e. The van der Waals surface area contributed by atoms with Crippen molar-refractivity contribution in [2.45, 2.75) is 17.5 Å². The fraction of sp³-hybridized carbons (Fsp3) is 0.105. The van der Waals surface area contributed by atoms with Crippen LogP contribution in [0.1, 0.15) is 5.69 Å². The standard InChI is InChI=1S/C19H15N3O2S2/c1-2-8-22-18(23)15-5-3-4-6-16(15)21-19(22)26-12-14-11-25-17(20-14)13-7-9-24-10-13/h2-7,9-11H,1,8,12H2. The molecule has 0 fully saturated rings. The minimum atomic E-state index is -0.0460. The number of thioether (sulfide) groups is 1. The van der Waals surface area contributed by atoms with Crippen molar-refractivity contribution < 1.29 is 4.42 Å². The van der Waals surface area contributed by atoms with Crippen LogP contribution < -0.4 is 5.56 Å². The number of fused-ring (bicyclic) bond motifs is 1. The second-order valence-electron chi connectivity index (χ2n) is 5.56. The minimum Gasteiger partial charge on any atom is -0.472 e. The third kappa shape index (κ3) is 3.23. The van der Waals surface area contributed by atoms with Gasteiger partial charge < -0.3 is 4.42 Å². The summed E-state index contributed by atoms with van der Waals surface area (Å²) in [5.41, 5.74) is 2.58. The molecule has 0 aliphatic carbocycles. The van der Waals surface area contributed by atoms with Gasteiger partial charge in [-0.05, 0) is 18.2 Å². The fourth-order valence-corrected chi connectivity index (χ4v) is 4.39. The molecule has 3 aromatic heterocycles. The number of hydrogen-bond donors (Lipinski definition) is 0. The molecule has 26 heavy (non-hydrogen) atoms. The molecule has 0 bridgehead atoms. The van der Waals surface area contributed by atoms with Gasteiger partial charge in [0.2, 0.25) is 0 Å². The van der Waals surface area contributed by atoms with Crippen molar-refractivity contribution in [2.24, 2.45) is 0 Å². The van der Waals surface area contributed by atoms with Crippen LogP contribution in [0.5, 0.6) is 0 Å². The first-order chi connectivity index (χ1) is 12.8. The zero-order valence-electron chi connectivity index (χ0n) is 13.8. The highest BCUT2D eigenvalue weighted by molar-refractivity contribution is 7.98. The van der Waals surface area contributed by atoms with Crippen LogP contribution in [0.3, 0.4) is 0 Å². The SMILES string of the molecule is C=CCn1c(SCc2csc(-c3ccoc3)n2)nc2ccccc2c1=O. The van der Waals surface area contributed by atoms with E-state index in [1.165, 1.54) is 11.8 Å². The topological polar surface area (TPSA) is 60.9 Å². The Morgan fingerprint density at radius 2 is 2.15 bits per heavy atom. The lowest BCUT2D eigenvalue weighted by Crippen LogP contribution is -2.22. The van der Waals surface area contributed by atoms with Crippen molar-refractivity contribution in [1.82, 2.24) is 14.5 Å². The zero-order valence-corrected chi connectivity index (χ0v) is 15.4. The smallest absolute Gasteiger partial charge is 0.262 e. The summed E-state index contributed by atoms with van der Waals surface area (Å²) in [6.45, 7) is 4.18. The highest BCUT2D eigenvalue weighted by Gasteiger charge is 2.12. The Morgan fingerprint density at radius 3 is 2.96 bits per heavy atom. The van der Waals surface area contributed by atoms with Crippen molar-refractivity contribution in [2.75, 3.05) is 0 Å². The molecule has 7 heteroatoms. The van der Waals surface area contributed by atoms with Crippen LogP contribution in [-0.2, 0) is 12.3 Å². The number of furan rings is 1. The molecule has 0 saturated carbocycles. The molecular weight excluding hydrogens is 366 g/mol. The van der Waals surface area contributed by atoms with Crippen molar-refractivity contribution in [3.05, 3.63) is 76.9 Å². The Balaban J connectivity index is 1.63. The van der Waals surface area contributed by atoms with Crippen molar-refractivity contribution in [3.8, 4) is 10.6 Å². The molecule has 4 rings (SSSR count). The molecule has 130 valence electrons. The molecule has 0 N–H and O–H groups in total. The highest BCUT2D eigenvalue weighted by atomic mass is 32.2. The van der Waals surface area contributed by atoms with Gasteiger partial charge in [-0.3, -0.25) is 9.36 Å². The van der Waals surface area contributed by atoms with Crippen molar-refractivity contribution in [1.29, 1.82) is 0 Å². The summed E-state index contributed by atoms with van der Waals surface area (Å²) in [5.74, 6) is 0.635. The van der Waals surface area contributed by atoms with Crippen LogP contribution in [0.15, 0.2) is 75.3 Å². The monoisotopic (exact) mass is 381 g/mol. The number of nitrogens with zero attached hydrogens (tertiary/aromatic N) is 3. The summed E-state index contributed by atoms with van der Waals surface area (Å²) >= 11 is 3.08. The number of aromatic nitrogens is 3. The first kappa shape index (κ1) is 16.8. The van der Waals surface area contributed by atoms with Crippen molar-refractivity contribution in [3.63, 3.8) is 0 Å². The van der Waals surface area contributed by atoms with Crippen LogP contribution in [0.2, 0.25) is 0 Å². The summed E-state index contributed by atoms with van der Waals surface area (Å²) < 4.78 is 6.76. The van der Waals surface area contributed by atoms with E-state index in [1.54, 1.807) is 40.6 Å². The van der Waals surface area contributed by atoms with E-state index in [9.17, 15) is 4.79 Å². The first-order valence-corrected chi connectivity index (χ1v) is 9.83. The third-order valence-electron chi connectivity index (χ3n) is 3.81. The summed E-state index contributed by atoms with van der Waals surface area (Å²) in [7, 11) is 0. The van der Waals surface area contributed by atoms with Gasteiger partial charge in [-0.15, -0.1) is 17.9 Å². The van der Waals surface area contributed by atoms with Crippen LogP contribution >= 0.6 is 23.1 Å². The van der Waals surface area contributed by atoms with Gasteiger partial charge >= 0.3 is 0 Å². The van der Waals surface area contributed by atoms with Crippen LogP contribution in [0.25, 0.3) is 21.5 Å². The summed E-state index contributed by atoms with van der Waals surface area (Å²) in [4.78, 5) is 22.0. The maximum atomic E-state index is 12.7. The second-order valence-corrected chi connectivity index (χ2v) is 7.36. The van der Waals surface area contributed by atoms with E-state index in [1.807, 2.05) is 29.6 Å². The molecule has 3 heterocycles. The molecule has 0 saturated heterocycles. The minimum absolute atomic E-state index is 0.0460. The van der Waals surface area contributed by atoms with Gasteiger partial charge in [0.25, 0.3) is 5.56 Å². The van der Waals surface area contributed by atoms with E-state index in [2.05, 4.69) is 16.5 Å². The van der Waals surface area contributed by atoms with E-state index < -0.39 is 0 Å². The third-order valence-corrected chi connectivity index (χ3v) is 5.76. The molecule has 0 unspecified atom stereocenters. The quantitative estimate of drug-likeness (QED) is 0.278. The van der Waals surface area contributed by atoms with Gasteiger partial charge in [-0.1, -0.05) is 30.0 Å². The number of hydrogen-bond acceptors (Lipinski definition) is 6. The summed E-state index contributed by atoms with van der Waals surface area (Å²) in [6.07, 6.45) is 5.03. The van der Waals surface area contributed by atoms with E-state index >= 15 is 0 Å². The largest absolute Gasteiger partial charge is 0.472 e. The average molecular weight is 381 g/mol. The van der Waals surface area contributed by atoms with Gasteiger partial charge in [0.1, 0.15) is 11.3 Å². The summed E-state index contributed by atoms with van der Waals surface area (Å²) in [5, 5.41) is 4.23. The first-order valence-electron chi connectivity index (χ1n) is 7.96. The second kappa shape index (κ2) is 7.31. The van der Waals surface area contributed by atoms with E-state index in [0.717, 1.165) is 16.3 Å². The lowest BCUT2D eigenvalue weighted by atomic mass is 10.2. The molecule has 1 aromatic carbocycles. The molecule has 0 atom stereocenters. The summed E-state index contributed by atoms with van der Waals surface area (Å²) in [6, 6.07) is 9.29. The molecule has 0 radical (unpaired) electrons. The fourth-order valence-electron chi connectivity index (χ4n) is 2.58. The molecule has 0 spiro atoms. The normalized spacial score (nSPS) is 11.1. The van der Waals surface area contributed by atoms with Gasteiger partial charge in [0, 0.05) is 23.2 Å². The average Bonchev–Trinajstić information content (AvgIpc) is 3.34. The number of rotatable bonds is 6. The lowest BCUT2D eigenvalue weighted by molar-refractivity contribution is 0.568. The number of para-hydroxylation sites is 1. The van der Waals surface area contributed by atoms with Crippen LogP contribution in [0.4, 0.5) is 0 Å².